The van der Waals surface area contributed by atoms with Crippen molar-refractivity contribution < 1.29 is 9.09 Å². The molecule has 0 rings (SSSR count). The van der Waals surface area contributed by atoms with Gasteiger partial charge in [-0.15, -0.1) is 11.6 Å². The zero-order valence-corrected chi connectivity index (χ0v) is 10.3. The third-order valence-electron chi connectivity index (χ3n) is 1.44. The van der Waals surface area contributed by atoms with Crippen LogP contribution in [-0.2, 0) is 9.09 Å². The van der Waals surface area contributed by atoms with E-state index >= 15 is 0 Å². The molecule has 4 nitrogen and oxygen atoms in total. The molecule has 0 radical (unpaired) electrons. The van der Waals surface area contributed by atoms with E-state index in [1.54, 1.807) is 18.8 Å². The molecule has 0 unspecified atom stereocenters. The van der Waals surface area contributed by atoms with E-state index in [1.165, 1.54) is 0 Å². The molecule has 13 heavy (non-hydrogen) atoms. The predicted molar refractivity (Wildman–Crippen MR) is 56.5 cm³/mol. The van der Waals surface area contributed by atoms with Gasteiger partial charge in [0.2, 0.25) is 0 Å². The van der Waals surface area contributed by atoms with Gasteiger partial charge < -0.3 is 4.52 Å². The van der Waals surface area contributed by atoms with Crippen LogP contribution < -0.4 is 0 Å². The van der Waals surface area contributed by atoms with Crippen molar-refractivity contribution in [1.82, 2.24) is 9.57 Å². The summed E-state index contributed by atoms with van der Waals surface area (Å²) in [6.07, 6.45) is 0.414. The van der Waals surface area contributed by atoms with Gasteiger partial charge in [-0.1, -0.05) is 0 Å². The van der Waals surface area contributed by atoms with Crippen LogP contribution in [0.2, 0.25) is 0 Å². The van der Waals surface area contributed by atoms with Crippen molar-refractivity contribution in [3.8, 4) is 0 Å². The number of hydrogen-bond acceptors (Lipinski definition) is 3. The average Bonchev–Trinajstić information content (AvgIpc) is 1.99. The Morgan fingerprint density at radius 1 is 1.31 bits per heavy atom. The zero-order chi connectivity index (χ0) is 10.5. The van der Waals surface area contributed by atoms with Crippen LogP contribution in [0.25, 0.3) is 0 Å². The minimum absolute atomic E-state index is 0.324. The van der Waals surface area contributed by atoms with Crippen LogP contribution in [0.3, 0.4) is 0 Å². The summed E-state index contributed by atoms with van der Waals surface area (Å²) in [4.78, 5) is 1.84. The lowest BCUT2D eigenvalue weighted by molar-refractivity contribution is 0.282. The lowest BCUT2D eigenvalue weighted by Gasteiger charge is -2.26. The number of nitrogens with zero attached hydrogens (tertiary/aromatic N) is 2. The van der Waals surface area contributed by atoms with Gasteiger partial charge in [0.1, 0.15) is 0 Å². The summed E-state index contributed by atoms with van der Waals surface area (Å²) >= 11 is 5.47. The van der Waals surface area contributed by atoms with Crippen molar-refractivity contribution in [2.45, 2.75) is 0 Å². The molecule has 1 atom stereocenters. The summed E-state index contributed by atoms with van der Waals surface area (Å²) in [5.74, 6) is 0.366. The van der Waals surface area contributed by atoms with Crippen molar-refractivity contribution in [2.24, 2.45) is 0 Å². The Morgan fingerprint density at radius 3 is 2.15 bits per heavy atom. The van der Waals surface area contributed by atoms with Gasteiger partial charge in [-0.2, -0.15) is 0 Å². The van der Waals surface area contributed by atoms with Gasteiger partial charge >= 0.3 is 0 Å². The maximum absolute atomic E-state index is 12.1. The van der Waals surface area contributed by atoms with Crippen LogP contribution in [0.4, 0.5) is 0 Å². The van der Waals surface area contributed by atoms with Crippen molar-refractivity contribution in [3.63, 3.8) is 0 Å². The first-order valence-corrected chi connectivity index (χ1v) is 6.34. The summed E-state index contributed by atoms with van der Waals surface area (Å²) in [6.45, 7) is 0.324. The molecule has 0 bridgehead atoms. The maximum atomic E-state index is 12.1. The van der Waals surface area contributed by atoms with Gasteiger partial charge in [0.25, 0.3) is 7.52 Å². The molecular weight excluding hydrogens is 211 g/mol. The third-order valence-corrected chi connectivity index (χ3v) is 4.32. The monoisotopic (exact) mass is 228 g/mol. The highest BCUT2D eigenvalue weighted by Crippen LogP contribution is 2.48. The minimum Gasteiger partial charge on any atom is -0.315 e. The number of alkyl halides is 1. The van der Waals surface area contributed by atoms with Crippen molar-refractivity contribution >= 4 is 19.1 Å². The van der Waals surface area contributed by atoms with Crippen molar-refractivity contribution in [1.29, 1.82) is 0 Å². The minimum atomic E-state index is -2.69. The third kappa shape index (κ3) is 4.99. The molecule has 0 N–H and O–H groups in total. The van der Waals surface area contributed by atoms with E-state index in [9.17, 15) is 4.57 Å². The Morgan fingerprint density at radius 2 is 1.85 bits per heavy atom. The van der Waals surface area contributed by atoms with Gasteiger partial charge in [0.05, 0.1) is 12.9 Å². The Hall–Kier alpha value is 0.400. The summed E-state index contributed by atoms with van der Waals surface area (Å²) in [6, 6.07) is 0. The van der Waals surface area contributed by atoms with Crippen LogP contribution in [0.5, 0.6) is 0 Å². The van der Waals surface area contributed by atoms with Crippen LogP contribution in [0.1, 0.15) is 0 Å². The molecule has 80 valence electrons. The first kappa shape index (κ1) is 13.4. The van der Waals surface area contributed by atoms with E-state index in [2.05, 4.69) is 0 Å². The fraction of sp³-hybridized carbons (Fsp3) is 1.00. The lowest BCUT2D eigenvalue weighted by atomic mass is 10.9. The Labute approximate surface area is 85.3 Å². The first-order valence-electron chi connectivity index (χ1n) is 4.04. The van der Waals surface area contributed by atoms with Gasteiger partial charge in [-0.25, -0.2) is 4.67 Å². The molecule has 0 spiro atoms. The first-order chi connectivity index (χ1) is 5.92. The highest BCUT2D eigenvalue weighted by molar-refractivity contribution is 7.56. The van der Waals surface area contributed by atoms with Gasteiger partial charge in [-0.05, 0) is 28.2 Å². The summed E-state index contributed by atoms with van der Waals surface area (Å²) in [7, 11) is 4.53. The SMILES string of the molecule is CN(C)C[P@@](=O)(OCCCl)N(C)C. The van der Waals surface area contributed by atoms with Gasteiger partial charge in [0.15, 0.2) is 0 Å². The molecule has 0 amide bonds. The number of hydrogen-bond donors (Lipinski definition) is 0. The molecule has 0 aromatic heterocycles. The molecular formula is C7H18ClN2O2P. The molecule has 0 aliphatic carbocycles. The van der Waals surface area contributed by atoms with E-state index < -0.39 is 7.52 Å². The second-order valence-electron chi connectivity index (χ2n) is 3.23. The Balaban J connectivity index is 4.26. The summed E-state index contributed by atoms with van der Waals surface area (Å²) < 4.78 is 19.0. The van der Waals surface area contributed by atoms with E-state index in [1.807, 2.05) is 19.0 Å². The number of halogens is 1. The fourth-order valence-electron chi connectivity index (χ4n) is 0.817. The molecule has 0 aromatic rings. The van der Waals surface area contributed by atoms with E-state index in [-0.39, 0.29) is 0 Å². The van der Waals surface area contributed by atoms with Gasteiger partial charge in [-0.3, -0.25) is 9.46 Å². The van der Waals surface area contributed by atoms with E-state index in [0.29, 0.717) is 18.8 Å². The fourth-order valence-corrected chi connectivity index (χ4v) is 2.66. The van der Waals surface area contributed by atoms with Crippen molar-refractivity contribution in [3.05, 3.63) is 0 Å². The van der Waals surface area contributed by atoms with Crippen molar-refractivity contribution in [2.75, 3.05) is 47.0 Å². The van der Waals surface area contributed by atoms with Crippen LogP contribution in [0, 0.1) is 0 Å². The van der Waals surface area contributed by atoms with E-state index in [0.717, 1.165) is 0 Å². The molecule has 0 aliphatic rings. The Kier molecular flexibility index (Phi) is 6.18. The summed E-state index contributed by atoms with van der Waals surface area (Å²) in [5.41, 5.74) is 0. The number of rotatable bonds is 6. The Bertz CT molecular complexity index is 187. The van der Waals surface area contributed by atoms with E-state index in [4.69, 9.17) is 16.1 Å². The predicted octanol–water partition coefficient (Wildman–Crippen LogP) is 1.52. The highest BCUT2D eigenvalue weighted by atomic mass is 35.5. The normalized spacial score (nSPS) is 16.5. The summed E-state index contributed by atoms with van der Waals surface area (Å²) in [5, 5.41) is 0. The van der Waals surface area contributed by atoms with Crippen LogP contribution in [0.15, 0.2) is 0 Å². The molecule has 6 heteroatoms. The van der Waals surface area contributed by atoms with Gasteiger partial charge in [0, 0.05) is 5.88 Å². The molecule has 0 aromatic carbocycles. The standard InChI is InChI=1S/C7H18ClN2O2P/c1-9(2)7-13(11,10(3)4)12-6-5-8/h5-7H2,1-4H3/t13-/m1/s1. The molecule has 0 saturated carbocycles. The molecule has 0 fully saturated rings. The van der Waals surface area contributed by atoms with Crippen LogP contribution in [-0.4, -0.2) is 56.5 Å². The maximum Gasteiger partial charge on any atom is 0.285 e. The quantitative estimate of drug-likeness (QED) is 0.510. The topological polar surface area (TPSA) is 32.8 Å². The lowest BCUT2D eigenvalue weighted by Crippen LogP contribution is -2.22. The average molecular weight is 229 g/mol. The largest absolute Gasteiger partial charge is 0.315 e. The molecule has 0 heterocycles. The zero-order valence-electron chi connectivity index (χ0n) is 8.66. The highest BCUT2D eigenvalue weighted by Gasteiger charge is 2.26. The van der Waals surface area contributed by atoms with Crippen LogP contribution >= 0.6 is 19.1 Å². The second-order valence-corrected chi connectivity index (χ2v) is 6.22. The second kappa shape index (κ2) is 5.99. The molecule has 0 saturated heterocycles. The smallest absolute Gasteiger partial charge is 0.285 e. The molecule has 0 aliphatic heterocycles.